The molecule has 27 heavy (non-hydrogen) atoms. The van der Waals surface area contributed by atoms with E-state index in [1.165, 1.54) is 23.8 Å². The third-order valence-corrected chi connectivity index (χ3v) is 3.94. The number of esters is 1. The maximum absolute atomic E-state index is 14.3. The molecule has 140 valence electrons. The Morgan fingerprint density at radius 3 is 2.48 bits per heavy atom. The average molecular weight is 367 g/mol. The molecule has 0 spiro atoms. The van der Waals surface area contributed by atoms with Crippen molar-refractivity contribution in [3.8, 4) is 11.8 Å². The Bertz CT molecular complexity index is 864. The molecule has 0 heterocycles. The summed E-state index contributed by atoms with van der Waals surface area (Å²) in [4.78, 5) is 11.6. The zero-order valence-electron chi connectivity index (χ0n) is 15.7. The summed E-state index contributed by atoms with van der Waals surface area (Å²) >= 11 is 0. The van der Waals surface area contributed by atoms with Crippen molar-refractivity contribution in [3.05, 3.63) is 70.5 Å². The van der Waals surface area contributed by atoms with Gasteiger partial charge in [-0.15, -0.1) is 0 Å². The molecular weight excluding hydrogens is 345 g/mol. The van der Waals surface area contributed by atoms with Gasteiger partial charge in [-0.05, 0) is 42.2 Å². The van der Waals surface area contributed by atoms with E-state index < -0.39 is 11.8 Å². The van der Waals surface area contributed by atoms with Crippen LogP contribution >= 0.6 is 0 Å². The first-order valence-corrected chi connectivity index (χ1v) is 8.74. The topological polar surface area (TPSA) is 59.3 Å². The summed E-state index contributed by atoms with van der Waals surface area (Å²) in [6.07, 6.45) is 1.17. The van der Waals surface area contributed by atoms with E-state index in [9.17, 15) is 9.18 Å². The number of benzene rings is 2. The highest BCUT2D eigenvalue weighted by Gasteiger charge is 2.12. The van der Waals surface area contributed by atoms with Crippen LogP contribution in [0.2, 0.25) is 0 Å². The summed E-state index contributed by atoms with van der Waals surface area (Å²) in [5, 5.41) is 9.03. The van der Waals surface area contributed by atoms with Crippen molar-refractivity contribution in [3.63, 3.8) is 0 Å². The SMILES string of the molecule is CCOC(=O)C(C#N)=Cc1ccc(OCc2ccc(C(C)C)cc2)cc1F. The predicted molar refractivity (Wildman–Crippen MR) is 101 cm³/mol. The molecule has 0 atom stereocenters. The van der Waals surface area contributed by atoms with Crippen LogP contribution < -0.4 is 4.74 Å². The van der Waals surface area contributed by atoms with Gasteiger partial charge in [0.05, 0.1) is 6.61 Å². The maximum atomic E-state index is 14.3. The van der Waals surface area contributed by atoms with E-state index in [1.807, 2.05) is 12.1 Å². The van der Waals surface area contributed by atoms with Crippen LogP contribution in [0, 0.1) is 17.1 Å². The Morgan fingerprint density at radius 1 is 1.22 bits per heavy atom. The molecule has 4 nitrogen and oxygen atoms in total. The van der Waals surface area contributed by atoms with Crippen LogP contribution in [0.1, 0.15) is 43.4 Å². The lowest BCUT2D eigenvalue weighted by molar-refractivity contribution is -0.137. The van der Waals surface area contributed by atoms with E-state index in [1.54, 1.807) is 19.1 Å². The van der Waals surface area contributed by atoms with Gasteiger partial charge in [0.15, 0.2) is 0 Å². The molecule has 0 bridgehead atoms. The Hall–Kier alpha value is -3.13. The standard InChI is InChI=1S/C22H22FNO3/c1-4-26-22(25)19(13-24)11-18-9-10-20(12-21(18)23)27-14-16-5-7-17(8-6-16)15(2)3/h5-12,15H,4,14H2,1-3H3. The van der Waals surface area contributed by atoms with Crippen molar-refractivity contribution in [2.45, 2.75) is 33.3 Å². The van der Waals surface area contributed by atoms with E-state index in [-0.39, 0.29) is 17.7 Å². The number of hydrogen-bond donors (Lipinski definition) is 0. The van der Waals surface area contributed by atoms with Gasteiger partial charge in [-0.3, -0.25) is 0 Å². The Morgan fingerprint density at radius 2 is 1.93 bits per heavy atom. The number of carbonyl (C=O) groups excluding carboxylic acids is 1. The normalized spacial score (nSPS) is 11.2. The fourth-order valence-electron chi connectivity index (χ4n) is 2.38. The summed E-state index contributed by atoms with van der Waals surface area (Å²) in [6, 6.07) is 14.1. The van der Waals surface area contributed by atoms with Gasteiger partial charge < -0.3 is 9.47 Å². The molecule has 5 heteroatoms. The van der Waals surface area contributed by atoms with Crippen molar-refractivity contribution in [1.82, 2.24) is 0 Å². The first kappa shape index (κ1) is 20.2. The lowest BCUT2D eigenvalue weighted by Gasteiger charge is -2.09. The second-order valence-corrected chi connectivity index (χ2v) is 6.26. The number of ether oxygens (including phenoxy) is 2. The zero-order valence-corrected chi connectivity index (χ0v) is 15.7. The summed E-state index contributed by atoms with van der Waals surface area (Å²) in [5.74, 6) is -0.529. The monoisotopic (exact) mass is 367 g/mol. The highest BCUT2D eigenvalue weighted by Crippen LogP contribution is 2.21. The van der Waals surface area contributed by atoms with Crippen molar-refractivity contribution >= 4 is 12.0 Å². The molecule has 0 aromatic heterocycles. The lowest BCUT2D eigenvalue weighted by atomic mass is 10.0. The molecular formula is C22H22FNO3. The minimum absolute atomic E-state index is 0.119. The predicted octanol–water partition coefficient (Wildman–Crippen LogP) is 5.00. The van der Waals surface area contributed by atoms with Crippen LogP contribution in [0.5, 0.6) is 5.75 Å². The molecule has 0 aliphatic carbocycles. The number of rotatable bonds is 7. The van der Waals surface area contributed by atoms with Crippen LogP contribution in [0.4, 0.5) is 4.39 Å². The second-order valence-electron chi connectivity index (χ2n) is 6.26. The van der Waals surface area contributed by atoms with Crippen LogP contribution in [0.3, 0.4) is 0 Å². The number of nitrogens with zero attached hydrogens (tertiary/aromatic N) is 1. The Kier molecular flexibility index (Phi) is 7.13. The van der Waals surface area contributed by atoms with Crippen LogP contribution in [0.15, 0.2) is 48.0 Å². The summed E-state index contributed by atoms with van der Waals surface area (Å²) in [6.45, 7) is 6.36. The molecule has 2 rings (SSSR count). The molecule has 0 unspecified atom stereocenters. The van der Waals surface area contributed by atoms with Crippen LogP contribution in [-0.2, 0) is 16.1 Å². The zero-order chi connectivity index (χ0) is 19.8. The van der Waals surface area contributed by atoms with Gasteiger partial charge in [0.1, 0.15) is 29.8 Å². The number of hydrogen-bond acceptors (Lipinski definition) is 4. The first-order valence-electron chi connectivity index (χ1n) is 8.74. The van der Waals surface area contributed by atoms with Crippen molar-refractivity contribution in [2.24, 2.45) is 0 Å². The lowest BCUT2D eigenvalue weighted by Crippen LogP contribution is -2.06. The quantitative estimate of drug-likeness (QED) is 0.393. The van der Waals surface area contributed by atoms with Crippen molar-refractivity contribution < 1.29 is 18.7 Å². The molecule has 0 N–H and O–H groups in total. The number of halogens is 1. The van der Waals surface area contributed by atoms with E-state index >= 15 is 0 Å². The van der Waals surface area contributed by atoms with Gasteiger partial charge >= 0.3 is 5.97 Å². The molecule has 0 amide bonds. The minimum atomic E-state index is -0.774. The molecule has 0 aliphatic heterocycles. The van der Waals surface area contributed by atoms with Gasteiger partial charge in [0.2, 0.25) is 0 Å². The molecule has 0 saturated heterocycles. The van der Waals surface area contributed by atoms with Crippen molar-refractivity contribution in [2.75, 3.05) is 6.61 Å². The minimum Gasteiger partial charge on any atom is -0.489 e. The van der Waals surface area contributed by atoms with Gasteiger partial charge in [0.25, 0.3) is 0 Å². The Balaban J connectivity index is 2.07. The Labute approximate surface area is 158 Å². The third-order valence-electron chi connectivity index (χ3n) is 3.94. The van der Waals surface area contributed by atoms with Crippen LogP contribution in [0.25, 0.3) is 6.08 Å². The maximum Gasteiger partial charge on any atom is 0.348 e. The largest absolute Gasteiger partial charge is 0.489 e. The van der Waals surface area contributed by atoms with Gasteiger partial charge in [-0.25, -0.2) is 9.18 Å². The molecule has 2 aromatic rings. The van der Waals surface area contributed by atoms with E-state index in [4.69, 9.17) is 14.7 Å². The smallest absolute Gasteiger partial charge is 0.348 e. The van der Waals surface area contributed by atoms with Gasteiger partial charge in [-0.2, -0.15) is 5.26 Å². The van der Waals surface area contributed by atoms with Gasteiger partial charge in [0, 0.05) is 11.6 Å². The van der Waals surface area contributed by atoms with Crippen LogP contribution in [-0.4, -0.2) is 12.6 Å². The highest BCUT2D eigenvalue weighted by atomic mass is 19.1. The fourth-order valence-corrected chi connectivity index (χ4v) is 2.38. The molecule has 0 fully saturated rings. The molecule has 2 aromatic carbocycles. The van der Waals surface area contributed by atoms with E-state index in [0.717, 1.165) is 5.56 Å². The second kappa shape index (κ2) is 9.54. The summed E-state index contributed by atoms with van der Waals surface area (Å²) in [5.41, 5.74) is 2.09. The molecule has 0 aliphatic rings. The van der Waals surface area contributed by atoms with E-state index in [0.29, 0.717) is 18.3 Å². The average Bonchev–Trinajstić information content (AvgIpc) is 2.66. The summed E-state index contributed by atoms with van der Waals surface area (Å²) < 4.78 is 24.7. The number of carbonyl (C=O) groups is 1. The van der Waals surface area contributed by atoms with E-state index in [2.05, 4.69) is 26.0 Å². The first-order chi connectivity index (χ1) is 12.9. The fraction of sp³-hybridized carbons (Fsp3) is 0.273. The summed E-state index contributed by atoms with van der Waals surface area (Å²) in [7, 11) is 0. The molecule has 0 saturated carbocycles. The number of nitriles is 1. The molecule has 0 radical (unpaired) electrons. The third kappa shape index (κ3) is 5.68. The van der Waals surface area contributed by atoms with Gasteiger partial charge in [-0.1, -0.05) is 38.1 Å². The van der Waals surface area contributed by atoms with Crippen molar-refractivity contribution in [1.29, 1.82) is 5.26 Å². The highest BCUT2D eigenvalue weighted by molar-refractivity contribution is 5.97.